The molecule has 0 radical (unpaired) electrons. The predicted octanol–water partition coefficient (Wildman–Crippen LogP) is 1.50. The number of anilines is 3. The molecule has 4 N–H and O–H groups in total. The third-order valence-electron chi connectivity index (χ3n) is 4.45. The smallest absolute Gasteiger partial charge is 0.228 e. The third kappa shape index (κ3) is 2.22. The minimum atomic E-state index is -0.309. The fraction of sp³-hybridized carbons (Fsp3) is 0.533. The van der Waals surface area contributed by atoms with Crippen molar-refractivity contribution in [1.29, 1.82) is 0 Å². The summed E-state index contributed by atoms with van der Waals surface area (Å²) in [6.45, 7) is 0. The molecule has 108 valence electrons. The van der Waals surface area contributed by atoms with Crippen LogP contribution in [0.4, 0.5) is 17.1 Å². The molecule has 1 aromatic rings. The molecule has 1 amide bonds. The number of hydrogen-bond donors (Lipinski definition) is 3. The molecule has 0 saturated heterocycles. The molecule has 5 nitrogen and oxygen atoms in total. The van der Waals surface area contributed by atoms with E-state index in [9.17, 15) is 9.90 Å². The fourth-order valence-corrected chi connectivity index (χ4v) is 3.31. The van der Waals surface area contributed by atoms with Crippen LogP contribution in [0.25, 0.3) is 0 Å². The molecule has 1 aliphatic heterocycles. The van der Waals surface area contributed by atoms with E-state index in [0.29, 0.717) is 12.1 Å². The second kappa shape index (κ2) is 4.98. The van der Waals surface area contributed by atoms with Crippen molar-refractivity contribution in [3.05, 3.63) is 17.7 Å². The third-order valence-corrected chi connectivity index (χ3v) is 4.45. The number of nitrogens with two attached hydrogens (primary N) is 1. The zero-order chi connectivity index (χ0) is 14.3. The SMILES string of the molecule is CN(c1cc2c(cc1N)CC(=O)N2)C1CCCCC1O. The summed E-state index contributed by atoms with van der Waals surface area (Å²) in [6, 6.07) is 3.90. The number of rotatable bonds is 2. The van der Waals surface area contributed by atoms with Gasteiger partial charge in [-0.3, -0.25) is 4.79 Å². The van der Waals surface area contributed by atoms with Crippen LogP contribution in [-0.4, -0.2) is 30.2 Å². The highest BCUT2D eigenvalue weighted by Gasteiger charge is 2.29. The number of nitrogen functional groups attached to an aromatic ring is 1. The number of benzene rings is 1. The molecule has 1 fully saturated rings. The summed E-state index contributed by atoms with van der Waals surface area (Å²) in [5.74, 6) is 0.0110. The number of aliphatic hydroxyl groups excluding tert-OH is 1. The predicted molar refractivity (Wildman–Crippen MR) is 79.9 cm³/mol. The molecule has 1 aliphatic carbocycles. The Kier molecular flexibility index (Phi) is 3.30. The molecule has 0 aromatic heterocycles. The molecular formula is C15H21N3O2. The summed E-state index contributed by atoms with van der Waals surface area (Å²) >= 11 is 0. The molecule has 1 aromatic carbocycles. The average molecular weight is 275 g/mol. The standard InChI is InChI=1S/C15H21N3O2/c1-18(12-4-2-3-5-14(12)19)13-8-11-9(6-10(13)16)7-15(20)17-11/h6,8,12,14,19H,2-5,7,16H2,1H3,(H,17,20). The lowest BCUT2D eigenvalue weighted by Crippen LogP contribution is -2.43. The van der Waals surface area contributed by atoms with Crippen LogP contribution >= 0.6 is 0 Å². The van der Waals surface area contributed by atoms with Crippen molar-refractivity contribution < 1.29 is 9.90 Å². The van der Waals surface area contributed by atoms with Crippen LogP contribution in [0, 0.1) is 0 Å². The van der Waals surface area contributed by atoms with Crippen LogP contribution in [0.3, 0.4) is 0 Å². The highest BCUT2D eigenvalue weighted by Crippen LogP contribution is 2.36. The Bertz CT molecular complexity index is 544. The zero-order valence-corrected chi connectivity index (χ0v) is 11.7. The van der Waals surface area contributed by atoms with E-state index >= 15 is 0 Å². The Labute approximate surface area is 118 Å². The lowest BCUT2D eigenvalue weighted by molar-refractivity contribution is -0.115. The molecule has 2 atom stereocenters. The number of nitrogens with zero attached hydrogens (tertiary/aromatic N) is 1. The Hall–Kier alpha value is -1.75. The second-order valence-electron chi connectivity index (χ2n) is 5.82. The van der Waals surface area contributed by atoms with Crippen molar-refractivity contribution in [1.82, 2.24) is 0 Å². The van der Waals surface area contributed by atoms with Gasteiger partial charge in [-0.1, -0.05) is 12.8 Å². The van der Waals surface area contributed by atoms with Crippen molar-refractivity contribution in [3.63, 3.8) is 0 Å². The average Bonchev–Trinajstić information content (AvgIpc) is 2.76. The van der Waals surface area contributed by atoms with Crippen molar-refractivity contribution >= 4 is 23.0 Å². The van der Waals surface area contributed by atoms with Crippen molar-refractivity contribution in [3.8, 4) is 0 Å². The number of carbonyl (C=O) groups excluding carboxylic acids is 1. The van der Waals surface area contributed by atoms with Crippen LogP contribution in [-0.2, 0) is 11.2 Å². The highest BCUT2D eigenvalue weighted by molar-refractivity contribution is 6.00. The van der Waals surface area contributed by atoms with E-state index < -0.39 is 0 Å². The van der Waals surface area contributed by atoms with Crippen molar-refractivity contribution in [2.45, 2.75) is 44.2 Å². The highest BCUT2D eigenvalue weighted by atomic mass is 16.3. The molecule has 20 heavy (non-hydrogen) atoms. The van der Waals surface area contributed by atoms with Gasteiger partial charge in [0.1, 0.15) is 0 Å². The van der Waals surface area contributed by atoms with Gasteiger partial charge in [-0.2, -0.15) is 0 Å². The van der Waals surface area contributed by atoms with Gasteiger partial charge in [0.2, 0.25) is 5.91 Å². The number of hydrogen-bond acceptors (Lipinski definition) is 4. The summed E-state index contributed by atoms with van der Waals surface area (Å²) in [7, 11) is 1.97. The molecule has 3 rings (SSSR count). The van der Waals surface area contributed by atoms with Gasteiger partial charge in [0, 0.05) is 12.7 Å². The molecule has 1 saturated carbocycles. The van der Waals surface area contributed by atoms with Crippen molar-refractivity contribution in [2.75, 3.05) is 23.0 Å². The second-order valence-corrected chi connectivity index (χ2v) is 5.82. The van der Waals surface area contributed by atoms with Gasteiger partial charge in [-0.15, -0.1) is 0 Å². The topological polar surface area (TPSA) is 78.6 Å². The Balaban J connectivity index is 1.90. The van der Waals surface area contributed by atoms with E-state index in [2.05, 4.69) is 10.2 Å². The minimum absolute atomic E-state index is 0.0110. The van der Waals surface area contributed by atoms with E-state index in [1.54, 1.807) is 0 Å². The number of aliphatic hydroxyl groups is 1. The van der Waals surface area contributed by atoms with Crippen LogP contribution in [0.1, 0.15) is 31.2 Å². The number of nitrogens with one attached hydrogen (secondary N) is 1. The quantitative estimate of drug-likeness (QED) is 0.715. The van der Waals surface area contributed by atoms with Gasteiger partial charge in [0.15, 0.2) is 0 Å². The first-order valence-corrected chi connectivity index (χ1v) is 7.19. The Morgan fingerprint density at radius 3 is 2.85 bits per heavy atom. The molecule has 2 aliphatic rings. The van der Waals surface area contributed by atoms with Gasteiger partial charge in [0.05, 0.1) is 29.9 Å². The van der Waals surface area contributed by atoms with E-state index in [4.69, 9.17) is 5.73 Å². The maximum atomic E-state index is 11.4. The minimum Gasteiger partial charge on any atom is -0.397 e. The van der Waals surface area contributed by atoms with Crippen LogP contribution in [0.5, 0.6) is 0 Å². The molecule has 0 bridgehead atoms. The summed E-state index contributed by atoms with van der Waals surface area (Å²) in [6.07, 6.45) is 4.12. The van der Waals surface area contributed by atoms with Gasteiger partial charge in [-0.25, -0.2) is 0 Å². The van der Waals surface area contributed by atoms with E-state index in [1.807, 2.05) is 19.2 Å². The van der Waals surface area contributed by atoms with E-state index in [0.717, 1.165) is 42.6 Å². The Morgan fingerprint density at radius 2 is 2.10 bits per heavy atom. The van der Waals surface area contributed by atoms with Gasteiger partial charge >= 0.3 is 0 Å². The number of amides is 1. The first-order chi connectivity index (χ1) is 9.56. The number of carbonyl (C=O) groups is 1. The number of fused-ring (bicyclic) bond motifs is 1. The molecule has 1 heterocycles. The number of likely N-dealkylation sites (N-methyl/N-ethyl adjacent to an activating group) is 1. The van der Waals surface area contributed by atoms with Crippen LogP contribution in [0.2, 0.25) is 0 Å². The van der Waals surface area contributed by atoms with Gasteiger partial charge in [0.25, 0.3) is 0 Å². The van der Waals surface area contributed by atoms with Gasteiger partial charge in [-0.05, 0) is 30.5 Å². The fourth-order valence-electron chi connectivity index (χ4n) is 3.31. The Morgan fingerprint density at radius 1 is 1.35 bits per heavy atom. The lowest BCUT2D eigenvalue weighted by Gasteiger charge is -2.37. The van der Waals surface area contributed by atoms with Crippen molar-refractivity contribution in [2.24, 2.45) is 0 Å². The maximum Gasteiger partial charge on any atom is 0.228 e. The largest absolute Gasteiger partial charge is 0.397 e. The normalized spacial score (nSPS) is 25.2. The summed E-state index contributed by atoms with van der Waals surface area (Å²) in [5, 5.41) is 13.0. The molecular weight excluding hydrogens is 254 g/mol. The summed E-state index contributed by atoms with van der Waals surface area (Å²) in [5.41, 5.74) is 9.48. The van der Waals surface area contributed by atoms with E-state index in [-0.39, 0.29) is 18.1 Å². The lowest BCUT2D eigenvalue weighted by atomic mass is 9.91. The monoisotopic (exact) mass is 275 g/mol. The first kappa shape index (κ1) is 13.2. The van der Waals surface area contributed by atoms with Gasteiger partial charge < -0.3 is 21.1 Å². The van der Waals surface area contributed by atoms with E-state index in [1.165, 1.54) is 0 Å². The maximum absolute atomic E-state index is 11.4. The molecule has 5 heteroatoms. The molecule has 0 spiro atoms. The summed E-state index contributed by atoms with van der Waals surface area (Å²) in [4.78, 5) is 13.5. The van der Waals surface area contributed by atoms with Crippen LogP contribution < -0.4 is 16.0 Å². The zero-order valence-electron chi connectivity index (χ0n) is 11.7. The summed E-state index contributed by atoms with van der Waals surface area (Å²) < 4.78 is 0. The first-order valence-electron chi connectivity index (χ1n) is 7.19. The molecule has 2 unspecified atom stereocenters. The van der Waals surface area contributed by atoms with Crippen LogP contribution in [0.15, 0.2) is 12.1 Å².